The molecule has 0 aliphatic carbocycles. The van der Waals surface area contributed by atoms with E-state index < -0.39 is 5.60 Å². The fourth-order valence-corrected chi connectivity index (χ4v) is 1.04. The molecule has 10 heavy (non-hydrogen) atoms. The van der Waals surface area contributed by atoms with E-state index in [-0.39, 0.29) is 5.92 Å². The Morgan fingerprint density at radius 1 is 1.80 bits per heavy atom. The molecule has 1 rings (SSSR count). The average Bonchev–Trinajstić information content (AvgIpc) is 1.96. The first-order valence-electron chi connectivity index (χ1n) is 3.40. The van der Waals surface area contributed by atoms with Crippen LogP contribution in [-0.4, -0.2) is 23.9 Å². The van der Waals surface area contributed by atoms with Gasteiger partial charge in [0.2, 0.25) is 0 Å². The zero-order valence-electron chi connectivity index (χ0n) is 6.00. The lowest BCUT2D eigenvalue weighted by Crippen LogP contribution is -2.42. The van der Waals surface area contributed by atoms with E-state index in [1.54, 1.807) is 0 Å². The smallest absolute Gasteiger partial charge is 0.157 e. The number of nitrogens with zero attached hydrogens (tertiary/aromatic N) is 1. The first kappa shape index (κ1) is 7.52. The van der Waals surface area contributed by atoms with Gasteiger partial charge in [0.1, 0.15) is 0 Å². The molecule has 0 saturated carbocycles. The lowest BCUT2D eigenvalue weighted by Gasteiger charge is -2.31. The second-order valence-electron chi connectivity index (χ2n) is 2.76. The minimum Gasteiger partial charge on any atom is -0.381 e. The van der Waals surface area contributed by atoms with Crippen LogP contribution in [0.3, 0.4) is 0 Å². The van der Waals surface area contributed by atoms with Gasteiger partial charge < -0.3 is 9.84 Å². The second kappa shape index (κ2) is 2.57. The highest BCUT2D eigenvalue weighted by atomic mass is 16.5. The Hall–Kier alpha value is -0.590. The van der Waals surface area contributed by atoms with Crippen LogP contribution in [-0.2, 0) is 4.74 Å². The van der Waals surface area contributed by atoms with Crippen LogP contribution in [0.1, 0.15) is 13.3 Å². The Morgan fingerprint density at radius 3 is 2.90 bits per heavy atom. The van der Waals surface area contributed by atoms with Crippen molar-refractivity contribution in [3.63, 3.8) is 0 Å². The summed E-state index contributed by atoms with van der Waals surface area (Å²) in [5, 5.41) is 18.1. The molecule has 1 N–H and O–H groups in total. The van der Waals surface area contributed by atoms with Crippen molar-refractivity contribution in [3.05, 3.63) is 0 Å². The van der Waals surface area contributed by atoms with Crippen molar-refractivity contribution in [3.8, 4) is 6.07 Å². The maximum Gasteiger partial charge on any atom is 0.157 e. The van der Waals surface area contributed by atoms with Gasteiger partial charge in [-0.2, -0.15) is 5.26 Å². The molecule has 0 bridgehead atoms. The van der Waals surface area contributed by atoms with E-state index in [1.807, 2.05) is 13.0 Å². The molecule has 0 radical (unpaired) electrons. The van der Waals surface area contributed by atoms with E-state index in [0.29, 0.717) is 19.6 Å². The van der Waals surface area contributed by atoms with Gasteiger partial charge in [0, 0.05) is 12.3 Å². The summed E-state index contributed by atoms with van der Waals surface area (Å²) in [6, 6.07) is 1.91. The normalized spacial score (nSPS) is 40.7. The van der Waals surface area contributed by atoms with E-state index in [9.17, 15) is 5.11 Å². The Bertz CT molecular complexity index is 163. The standard InChI is InChI=1S/C7H11NO2/c1-6-4-10-3-2-7(6,9)5-8/h6,9H,2-4H2,1H3. The SMILES string of the molecule is CC1COCCC1(O)C#N. The molecule has 0 aromatic rings. The quantitative estimate of drug-likeness (QED) is 0.493. The van der Waals surface area contributed by atoms with Crippen molar-refractivity contribution in [2.24, 2.45) is 5.92 Å². The molecule has 0 spiro atoms. The lowest BCUT2D eigenvalue weighted by molar-refractivity contribution is -0.0706. The van der Waals surface area contributed by atoms with Crippen molar-refractivity contribution in [2.75, 3.05) is 13.2 Å². The van der Waals surface area contributed by atoms with Crippen LogP contribution in [0.15, 0.2) is 0 Å². The van der Waals surface area contributed by atoms with Gasteiger partial charge in [-0.1, -0.05) is 6.92 Å². The third-order valence-corrected chi connectivity index (χ3v) is 2.00. The van der Waals surface area contributed by atoms with Gasteiger partial charge in [0.15, 0.2) is 5.60 Å². The molecule has 3 nitrogen and oxygen atoms in total. The van der Waals surface area contributed by atoms with Gasteiger partial charge in [-0.15, -0.1) is 0 Å². The van der Waals surface area contributed by atoms with Crippen molar-refractivity contribution < 1.29 is 9.84 Å². The molecule has 0 aromatic heterocycles. The Labute approximate surface area is 60.2 Å². The highest BCUT2D eigenvalue weighted by Crippen LogP contribution is 2.24. The summed E-state index contributed by atoms with van der Waals surface area (Å²) in [4.78, 5) is 0. The monoisotopic (exact) mass is 141 g/mol. The Kier molecular flexibility index (Phi) is 1.93. The molecule has 1 fully saturated rings. The molecule has 2 atom stereocenters. The summed E-state index contributed by atoms with van der Waals surface area (Å²) in [7, 11) is 0. The molecular weight excluding hydrogens is 130 g/mol. The third-order valence-electron chi connectivity index (χ3n) is 2.00. The zero-order valence-corrected chi connectivity index (χ0v) is 6.00. The van der Waals surface area contributed by atoms with Gasteiger partial charge in [0.25, 0.3) is 0 Å². The molecule has 1 saturated heterocycles. The van der Waals surface area contributed by atoms with Crippen LogP contribution in [0, 0.1) is 17.2 Å². The highest BCUT2D eigenvalue weighted by molar-refractivity contribution is 5.04. The molecule has 2 unspecified atom stereocenters. The summed E-state index contributed by atoms with van der Waals surface area (Å²) in [5.74, 6) is -0.0637. The fraction of sp³-hybridized carbons (Fsp3) is 0.857. The minimum atomic E-state index is -1.14. The minimum absolute atomic E-state index is 0.0637. The van der Waals surface area contributed by atoms with E-state index in [4.69, 9.17) is 10.00 Å². The number of aliphatic hydroxyl groups is 1. The maximum atomic E-state index is 9.51. The van der Waals surface area contributed by atoms with Crippen molar-refractivity contribution in [1.29, 1.82) is 5.26 Å². The second-order valence-corrected chi connectivity index (χ2v) is 2.76. The number of ether oxygens (including phenoxy) is 1. The van der Waals surface area contributed by atoms with Gasteiger partial charge >= 0.3 is 0 Å². The van der Waals surface area contributed by atoms with Crippen molar-refractivity contribution >= 4 is 0 Å². The molecule has 0 amide bonds. The molecule has 1 aliphatic heterocycles. The third kappa shape index (κ3) is 1.13. The Balaban J connectivity index is 2.65. The van der Waals surface area contributed by atoms with Crippen LogP contribution in [0.5, 0.6) is 0 Å². The molecule has 0 aromatic carbocycles. The molecule has 1 aliphatic rings. The van der Waals surface area contributed by atoms with Crippen LogP contribution in [0.2, 0.25) is 0 Å². The lowest BCUT2D eigenvalue weighted by atomic mass is 9.86. The predicted octanol–water partition coefficient (Wildman–Crippen LogP) is 0.297. The number of rotatable bonds is 0. The largest absolute Gasteiger partial charge is 0.381 e. The summed E-state index contributed by atoms with van der Waals surface area (Å²) in [5.41, 5.74) is -1.14. The highest BCUT2D eigenvalue weighted by Gasteiger charge is 2.36. The zero-order chi connectivity index (χ0) is 7.61. The average molecular weight is 141 g/mol. The van der Waals surface area contributed by atoms with E-state index >= 15 is 0 Å². The van der Waals surface area contributed by atoms with Crippen LogP contribution in [0.25, 0.3) is 0 Å². The molecule has 1 heterocycles. The number of nitriles is 1. The van der Waals surface area contributed by atoms with Gasteiger partial charge in [-0.05, 0) is 0 Å². The molecular formula is C7H11NO2. The van der Waals surface area contributed by atoms with Gasteiger partial charge in [-0.3, -0.25) is 0 Å². The summed E-state index contributed by atoms with van der Waals surface area (Å²) in [6.07, 6.45) is 0.435. The van der Waals surface area contributed by atoms with Crippen LogP contribution in [0.4, 0.5) is 0 Å². The van der Waals surface area contributed by atoms with E-state index in [0.717, 1.165) is 0 Å². The van der Waals surface area contributed by atoms with Crippen LogP contribution >= 0.6 is 0 Å². The summed E-state index contributed by atoms with van der Waals surface area (Å²) >= 11 is 0. The molecule has 3 heteroatoms. The topological polar surface area (TPSA) is 53.2 Å². The summed E-state index contributed by atoms with van der Waals surface area (Å²) < 4.78 is 5.07. The summed E-state index contributed by atoms with van der Waals surface area (Å²) in [6.45, 7) is 2.81. The van der Waals surface area contributed by atoms with Crippen LogP contribution < -0.4 is 0 Å². The first-order chi connectivity index (χ1) is 4.69. The predicted molar refractivity (Wildman–Crippen MR) is 35.2 cm³/mol. The fourth-order valence-electron chi connectivity index (χ4n) is 1.04. The number of hydrogen-bond donors (Lipinski definition) is 1. The Morgan fingerprint density at radius 2 is 2.50 bits per heavy atom. The maximum absolute atomic E-state index is 9.51. The van der Waals surface area contributed by atoms with Crippen molar-refractivity contribution in [1.82, 2.24) is 0 Å². The number of hydrogen-bond acceptors (Lipinski definition) is 3. The van der Waals surface area contributed by atoms with Gasteiger partial charge in [-0.25, -0.2) is 0 Å². The van der Waals surface area contributed by atoms with Gasteiger partial charge in [0.05, 0.1) is 19.3 Å². The first-order valence-corrected chi connectivity index (χ1v) is 3.40. The van der Waals surface area contributed by atoms with E-state index in [1.165, 1.54) is 0 Å². The molecule has 56 valence electrons. The van der Waals surface area contributed by atoms with Crippen molar-refractivity contribution in [2.45, 2.75) is 18.9 Å². The van der Waals surface area contributed by atoms with E-state index in [2.05, 4.69) is 0 Å².